The first-order valence-corrected chi connectivity index (χ1v) is 11.5. The van der Waals surface area contributed by atoms with E-state index in [9.17, 15) is 24.6 Å². The van der Waals surface area contributed by atoms with E-state index in [4.69, 9.17) is 10.5 Å². The zero-order valence-electron chi connectivity index (χ0n) is 20.1. The number of hydrogen-bond acceptors (Lipinski definition) is 9. The predicted molar refractivity (Wildman–Crippen MR) is 127 cm³/mol. The molecule has 1 aliphatic carbocycles. The lowest BCUT2D eigenvalue weighted by Gasteiger charge is -2.29. The molecule has 1 atom stereocenters. The molecule has 0 aromatic heterocycles. The Balaban J connectivity index is 1.89. The molecular formula is C25H33N3O6. The molecule has 0 fully saturated rings. The lowest BCUT2D eigenvalue weighted by atomic mass is 9.70. The van der Waals surface area contributed by atoms with Gasteiger partial charge in [-0.2, -0.15) is 0 Å². The van der Waals surface area contributed by atoms with Crippen molar-refractivity contribution in [1.29, 1.82) is 0 Å². The van der Waals surface area contributed by atoms with Crippen molar-refractivity contribution in [3.63, 3.8) is 0 Å². The van der Waals surface area contributed by atoms with Crippen molar-refractivity contribution in [3.8, 4) is 17.2 Å². The lowest BCUT2D eigenvalue weighted by Crippen LogP contribution is -2.41. The number of aromatic hydroxyl groups is 2. The van der Waals surface area contributed by atoms with Gasteiger partial charge in [-0.25, -0.2) is 0 Å². The largest absolute Gasteiger partial charge is 0.507 e. The maximum Gasteiger partial charge on any atom is 0.194 e. The number of Topliss-reactive ketones (excluding diaryl/α,β-unsaturated/α-hetero) is 2. The zero-order chi connectivity index (χ0) is 25.2. The molecule has 3 rings (SSSR count). The fourth-order valence-electron chi connectivity index (χ4n) is 4.46. The number of nitrogens with one attached hydrogen (secondary N) is 2. The SMILES string of the molecule is CC(=O)c1c(O)c(C)c(O)c2c1OC1=CC(=O)C(=C(C)NCCCNCCCCN)C(=O)C12C. The summed E-state index contributed by atoms with van der Waals surface area (Å²) < 4.78 is 5.76. The highest BCUT2D eigenvalue weighted by atomic mass is 16.5. The third kappa shape index (κ3) is 4.21. The second-order valence-corrected chi connectivity index (χ2v) is 8.91. The number of nitrogens with two attached hydrogens (primary N) is 1. The van der Waals surface area contributed by atoms with Crippen molar-refractivity contribution in [2.45, 2.75) is 52.4 Å². The Morgan fingerprint density at radius 1 is 1.09 bits per heavy atom. The van der Waals surface area contributed by atoms with Gasteiger partial charge in [-0.15, -0.1) is 0 Å². The minimum absolute atomic E-state index is 0.0203. The summed E-state index contributed by atoms with van der Waals surface area (Å²) in [6.45, 7) is 8.85. The third-order valence-corrected chi connectivity index (χ3v) is 6.49. The monoisotopic (exact) mass is 471 g/mol. The molecule has 9 heteroatoms. The van der Waals surface area contributed by atoms with Gasteiger partial charge >= 0.3 is 0 Å². The van der Waals surface area contributed by atoms with Crippen LogP contribution in [-0.4, -0.2) is 53.7 Å². The maximum absolute atomic E-state index is 13.7. The number of ketones is 3. The molecule has 0 saturated heterocycles. The van der Waals surface area contributed by atoms with Crippen molar-refractivity contribution < 1.29 is 29.3 Å². The molecule has 1 heterocycles. The quantitative estimate of drug-likeness (QED) is 0.149. The number of hydrogen-bond donors (Lipinski definition) is 5. The minimum atomic E-state index is -1.50. The van der Waals surface area contributed by atoms with Crippen LogP contribution in [0.15, 0.2) is 23.1 Å². The van der Waals surface area contributed by atoms with E-state index in [1.807, 2.05) is 0 Å². The molecule has 0 spiro atoms. The summed E-state index contributed by atoms with van der Waals surface area (Å²) in [5.41, 5.74) is 4.42. The number of phenolic OH excluding ortho intramolecular Hbond substituents is 2. The van der Waals surface area contributed by atoms with Gasteiger partial charge in [0.1, 0.15) is 34.0 Å². The van der Waals surface area contributed by atoms with E-state index in [0.717, 1.165) is 32.4 Å². The number of phenols is 2. The van der Waals surface area contributed by atoms with Crippen molar-refractivity contribution in [2.24, 2.45) is 5.73 Å². The molecule has 1 aliphatic heterocycles. The molecule has 1 aromatic carbocycles. The number of carbonyl (C=O) groups is 3. The lowest BCUT2D eigenvalue weighted by molar-refractivity contribution is -0.123. The Hall–Kier alpha value is -3.17. The van der Waals surface area contributed by atoms with E-state index < -0.39 is 28.5 Å². The average Bonchev–Trinajstić information content (AvgIpc) is 3.07. The molecule has 1 aromatic rings. The Kier molecular flexibility index (Phi) is 7.48. The third-order valence-electron chi connectivity index (χ3n) is 6.49. The number of fused-ring (bicyclic) bond motifs is 3. The van der Waals surface area contributed by atoms with Gasteiger partial charge in [-0.05, 0) is 66.6 Å². The molecule has 0 saturated carbocycles. The van der Waals surface area contributed by atoms with Gasteiger partial charge in [0.2, 0.25) is 0 Å². The average molecular weight is 472 g/mol. The Morgan fingerprint density at radius 3 is 2.41 bits per heavy atom. The van der Waals surface area contributed by atoms with Gasteiger partial charge in [-0.1, -0.05) is 0 Å². The fraction of sp³-hybridized carbons (Fsp3) is 0.480. The smallest absolute Gasteiger partial charge is 0.194 e. The van der Waals surface area contributed by atoms with E-state index in [2.05, 4.69) is 10.6 Å². The first kappa shape index (κ1) is 25.5. The van der Waals surface area contributed by atoms with E-state index in [1.54, 1.807) is 13.8 Å². The summed E-state index contributed by atoms with van der Waals surface area (Å²) in [6, 6.07) is 0. The number of benzene rings is 1. The molecule has 1 unspecified atom stereocenters. The summed E-state index contributed by atoms with van der Waals surface area (Å²) in [5, 5.41) is 27.7. The molecule has 0 bridgehead atoms. The summed E-state index contributed by atoms with van der Waals surface area (Å²) >= 11 is 0. The van der Waals surface area contributed by atoms with Gasteiger partial charge in [-0.3, -0.25) is 14.4 Å². The number of carbonyl (C=O) groups excluding carboxylic acids is 3. The number of allylic oxidation sites excluding steroid dienone is 4. The first-order valence-electron chi connectivity index (χ1n) is 11.5. The number of ether oxygens (including phenoxy) is 1. The van der Waals surface area contributed by atoms with Gasteiger partial charge < -0.3 is 31.3 Å². The highest BCUT2D eigenvalue weighted by molar-refractivity contribution is 6.31. The van der Waals surface area contributed by atoms with Gasteiger partial charge in [0.05, 0.1) is 11.1 Å². The first-order chi connectivity index (χ1) is 16.1. The highest BCUT2D eigenvalue weighted by Gasteiger charge is 2.56. The van der Waals surface area contributed by atoms with Gasteiger partial charge in [0, 0.05) is 23.9 Å². The molecule has 6 N–H and O–H groups in total. The zero-order valence-corrected chi connectivity index (χ0v) is 20.1. The molecule has 9 nitrogen and oxygen atoms in total. The highest BCUT2D eigenvalue weighted by Crippen LogP contribution is 2.57. The van der Waals surface area contributed by atoms with Crippen LogP contribution in [0, 0.1) is 6.92 Å². The van der Waals surface area contributed by atoms with Crippen LogP contribution in [0.2, 0.25) is 0 Å². The van der Waals surface area contributed by atoms with E-state index in [-0.39, 0.29) is 39.5 Å². The Labute approximate surface area is 199 Å². The van der Waals surface area contributed by atoms with E-state index in [1.165, 1.54) is 19.9 Å². The van der Waals surface area contributed by atoms with Crippen LogP contribution in [0.1, 0.15) is 61.5 Å². The summed E-state index contributed by atoms with van der Waals surface area (Å²) in [7, 11) is 0. The molecule has 184 valence electrons. The van der Waals surface area contributed by atoms with Crippen LogP contribution < -0.4 is 21.1 Å². The van der Waals surface area contributed by atoms with Crippen LogP contribution >= 0.6 is 0 Å². The normalized spacial score (nSPS) is 20.4. The van der Waals surface area contributed by atoms with Crippen LogP contribution in [0.4, 0.5) is 0 Å². The summed E-state index contributed by atoms with van der Waals surface area (Å²) in [5.74, 6) is -2.33. The predicted octanol–water partition coefficient (Wildman–Crippen LogP) is 1.88. The standard InChI is InChI=1S/C25H33N3O6/c1-13-21(31)19(15(3)29)23-20(22(13)32)25(4)17(34-23)12-16(30)18(24(25)33)14(2)28-11-7-10-27-9-6-5-8-26/h12,27-28,31-32H,5-11,26H2,1-4H3. The Bertz CT molecular complexity index is 1100. The fourth-order valence-corrected chi connectivity index (χ4v) is 4.46. The van der Waals surface area contributed by atoms with E-state index >= 15 is 0 Å². The molecular weight excluding hydrogens is 438 g/mol. The Morgan fingerprint density at radius 2 is 1.76 bits per heavy atom. The van der Waals surface area contributed by atoms with Crippen LogP contribution in [0.25, 0.3) is 0 Å². The molecule has 0 amide bonds. The molecule has 2 aliphatic rings. The summed E-state index contributed by atoms with van der Waals surface area (Å²) in [6.07, 6.45) is 4.00. The van der Waals surface area contributed by atoms with Crippen molar-refractivity contribution in [3.05, 3.63) is 39.8 Å². The maximum atomic E-state index is 13.7. The van der Waals surface area contributed by atoms with Crippen molar-refractivity contribution >= 4 is 17.3 Å². The van der Waals surface area contributed by atoms with Gasteiger partial charge in [0.25, 0.3) is 0 Å². The summed E-state index contributed by atoms with van der Waals surface area (Å²) in [4.78, 5) is 38.8. The minimum Gasteiger partial charge on any atom is -0.507 e. The van der Waals surface area contributed by atoms with Crippen molar-refractivity contribution in [1.82, 2.24) is 10.6 Å². The second-order valence-electron chi connectivity index (χ2n) is 8.91. The van der Waals surface area contributed by atoms with Crippen molar-refractivity contribution in [2.75, 3.05) is 26.2 Å². The van der Waals surface area contributed by atoms with Gasteiger partial charge in [0.15, 0.2) is 17.3 Å². The molecule has 34 heavy (non-hydrogen) atoms. The topological polar surface area (TPSA) is 151 Å². The van der Waals surface area contributed by atoms with Crippen LogP contribution in [0.3, 0.4) is 0 Å². The van der Waals surface area contributed by atoms with Crippen LogP contribution in [0.5, 0.6) is 17.2 Å². The number of rotatable bonds is 10. The van der Waals surface area contributed by atoms with E-state index in [0.29, 0.717) is 18.8 Å². The van der Waals surface area contributed by atoms with Crippen LogP contribution in [-0.2, 0) is 15.0 Å². The second kappa shape index (κ2) is 9.99. The number of unbranched alkanes of at least 4 members (excludes halogenated alkanes) is 1. The molecule has 0 radical (unpaired) electrons.